The molecule has 0 bridgehead atoms. The van der Waals surface area contributed by atoms with Gasteiger partial charge >= 0.3 is 5.97 Å². The van der Waals surface area contributed by atoms with Crippen molar-refractivity contribution in [2.75, 3.05) is 17.2 Å². The number of rotatable bonds is 7. The molecule has 164 valence electrons. The molecule has 0 radical (unpaired) electrons. The Balaban J connectivity index is 1.67. The number of carboxylic acids is 1. The third-order valence-electron chi connectivity index (χ3n) is 5.61. The van der Waals surface area contributed by atoms with Crippen LogP contribution in [0.5, 0.6) is 0 Å². The average Bonchev–Trinajstić information content (AvgIpc) is 3.54. The minimum Gasteiger partial charge on any atom is -0.477 e. The molecule has 31 heavy (non-hydrogen) atoms. The van der Waals surface area contributed by atoms with Gasteiger partial charge in [0.25, 0.3) is 0 Å². The fraction of sp³-hybridized carbons (Fsp3) is 0.429. The van der Waals surface area contributed by atoms with Gasteiger partial charge in [0.2, 0.25) is 17.2 Å². The summed E-state index contributed by atoms with van der Waals surface area (Å²) in [6.07, 6.45) is 4.52. The molecule has 0 saturated heterocycles. The first-order valence-electron chi connectivity index (χ1n) is 10.2. The molecule has 10 heteroatoms. The van der Waals surface area contributed by atoms with E-state index in [9.17, 15) is 24.3 Å². The van der Waals surface area contributed by atoms with Crippen molar-refractivity contribution in [1.82, 2.24) is 9.88 Å². The zero-order valence-electron chi connectivity index (χ0n) is 17.0. The van der Waals surface area contributed by atoms with Gasteiger partial charge in [0.15, 0.2) is 5.82 Å². The molecule has 1 aromatic carbocycles. The number of hydrogen-bond acceptors (Lipinski definition) is 5. The lowest BCUT2D eigenvalue weighted by Crippen LogP contribution is -2.39. The highest BCUT2D eigenvalue weighted by Gasteiger charge is 2.33. The fourth-order valence-corrected chi connectivity index (χ4v) is 3.91. The number of hydrogen-bond donors (Lipinski definition) is 4. The van der Waals surface area contributed by atoms with Crippen LogP contribution in [0.1, 0.15) is 55.4 Å². The Morgan fingerprint density at radius 2 is 2.03 bits per heavy atom. The number of carboxylic acid groups (broad SMARTS) is 1. The second kappa shape index (κ2) is 8.01. The van der Waals surface area contributed by atoms with Gasteiger partial charge in [0.05, 0.1) is 22.3 Å². The van der Waals surface area contributed by atoms with E-state index in [4.69, 9.17) is 0 Å². The van der Waals surface area contributed by atoms with Crippen molar-refractivity contribution in [2.24, 2.45) is 0 Å². The Morgan fingerprint density at radius 1 is 1.29 bits per heavy atom. The van der Waals surface area contributed by atoms with E-state index in [0.717, 1.165) is 12.8 Å². The number of aromatic nitrogens is 1. The van der Waals surface area contributed by atoms with E-state index in [1.54, 1.807) is 0 Å². The van der Waals surface area contributed by atoms with Crippen LogP contribution >= 0.6 is 0 Å². The van der Waals surface area contributed by atoms with Crippen molar-refractivity contribution in [3.63, 3.8) is 0 Å². The molecule has 2 heterocycles. The van der Waals surface area contributed by atoms with E-state index in [2.05, 4.69) is 16.0 Å². The number of carbonyl (C=O) groups excluding carboxylic acids is 2. The van der Waals surface area contributed by atoms with Gasteiger partial charge in [-0.3, -0.25) is 14.4 Å². The van der Waals surface area contributed by atoms with Crippen molar-refractivity contribution in [2.45, 2.75) is 51.1 Å². The Morgan fingerprint density at radius 3 is 2.68 bits per heavy atom. The number of carbonyl (C=O) groups is 3. The summed E-state index contributed by atoms with van der Waals surface area (Å²) in [6.45, 7) is 1.93. The molecule has 9 nitrogen and oxygen atoms in total. The van der Waals surface area contributed by atoms with E-state index in [-0.39, 0.29) is 40.1 Å². The first kappa shape index (κ1) is 20.8. The number of amides is 2. The second-order valence-electron chi connectivity index (χ2n) is 7.99. The van der Waals surface area contributed by atoms with Crippen LogP contribution < -0.4 is 21.4 Å². The molecule has 0 spiro atoms. The van der Waals surface area contributed by atoms with Gasteiger partial charge in [0, 0.05) is 25.7 Å². The fourth-order valence-electron chi connectivity index (χ4n) is 3.91. The van der Waals surface area contributed by atoms with Crippen LogP contribution in [-0.2, 0) is 9.59 Å². The molecule has 4 rings (SSSR count). The molecule has 1 unspecified atom stereocenters. The topological polar surface area (TPSA) is 130 Å². The Bertz CT molecular complexity index is 1150. The lowest BCUT2D eigenvalue weighted by molar-refractivity contribution is -0.119. The van der Waals surface area contributed by atoms with Crippen LogP contribution in [0.25, 0.3) is 10.9 Å². The van der Waals surface area contributed by atoms with Gasteiger partial charge < -0.3 is 25.6 Å². The number of aromatic carboxylic acids is 1. The zero-order chi connectivity index (χ0) is 22.3. The van der Waals surface area contributed by atoms with E-state index in [0.29, 0.717) is 25.8 Å². The number of pyridine rings is 1. The van der Waals surface area contributed by atoms with Crippen molar-refractivity contribution in [3.05, 3.63) is 33.9 Å². The van der Waals surface area contributed by atoms with Crippen LogP contribution in [-0.4, -0.2) is 40.0 Å². The zero-order valence-corrected chi connectivity index (χ0v) is 17.0. The number of fused-ring (bicyclic) bond motifs is 2. The smallest absolute Gasteiger partial charge is 0.341 e. The summed E-state index contributed by atoms with van der Waals surface area (Å²) in [5, 5.41) is 17.6. The maximum absolute atomic E-state index is 15.6. The number of nitrogens with one attached hydrogen (secondary N) is 3. The minimum absolute atomic E-state index is 0.0457. The molecule has 1 aromatic heterocycles. The van der Waals surface area contributed by atoms with Gasteiger partial charge in [-0.2, -0.15) is 0 Å². The summed E-state index contributed by atoms with van der Waals surface area (Å²) in [5.41, 5.74) is -0.951. The van der Waals surface area contributed by atoms with Crippen molar-refractivity contribution in [1.29, 1.82) is 0 Å². The Labute approximate surface area is 176 Å². The van der Waals surface area contributed by atoms with Gasteiger partial charge in [0.1, 0.15) is 11.6 Å². The quantitative estimate of drug-likeness (QED) is 0.499. The van der Waals surface area contributed by atoms with Gasteiger partial charge in [-0.15, -0.1) is 0 Å². The highest BCUT2D eigenvalue weighted by Crippen LogP contribution is 2.41. The molecular formula is C21H23FN4O5. The number of anilines is 2. The van der Waals surface area contributed by atoms with E-state index >= 15 is 4.39 Å². The molecule has 1 saturated carbocycles. The summed E-state index contributed by atoms with van der Waals surface area (Å²) in [6, 6.07) is 0.631. The van der Waals surface area contributed by atoms with Crippen molar-refractivity contribution < 1.29 is 23.9 Å². The Hall–Kier alpha value is -3.43. The van der Waals surface area contributed by atoms with Crippen molar-refractivity contribution in [3.8, 4) is 0 Å². The summed E-state index contributed by atoms with van der Waals surface area (Å²) in [4.78, 5) is 47.6. The van der Waals surface area contributed by atoms with Gasteiger partial charge in [-0.1, -0.05) is 0 Å². The Kier molecular flexibility index (Phi) is 5.38. The molecule has 1 aliphatic carbocycles. The maximum atomic E-state index is 15.6. The number of halogens is 1. The largest absolute Gasteiger partial charge is 0.477 e. The third kappa shape index (κ3) is 3.97. The maximum Gasteiger partial charge on any atom is 0.341 e. The normalized spacial score (nSPS) is 17.6. The number of nitrogens with zero attached hydrogens (tertiary/aromatic N) is 1. The molecule has 1 aliphatic heterocycles. The predicted molar refractivity (Wildman–Crippen MR) is 112 cm³/mol. The van der Waals surface area contributed by atoms with Crippen LogP contribution in [0.2, 0.25) is 0 Å². The molecule has 2 amide bonds. The molecule has 4 N–H and O–H groups in total. The molecule has 2 aliphatic rings. The van der Waals surface area contributed by atoms with E-state index < -0.39 is 28.8 Å². The van der Waals surface area contributed by atoms with Crippen LogP contribution in [0.15, 0.2) is 17.1 Å². The van der Waals surface area contributed by atoms with Crippen molar-refractivity contribution >= 4 is 40.1 Å². The number of unbranched alkanes of at least 4 members (excludes halogenated alkanes) is 1. The van der Waals surface area contributed by atoms with Crippen LogP contribution in [0, 0.1) is 5.82 Å². The summed E-state index contributed by atoms with van der Waals surface area (Å²) < 4.78 is 17.1. The third-order valence-corrected chi connectivity index (χ3v) is 5.61. The summed E-state index contributed by atoms with van der Waals surface area (Å²) in [5.74, 6) is -2.54. The average molecular weight is 430 g/mol. The highest BCUT2D eigenvalue weighted by atomic mass is 19.1. The van der Waals surface area contributed by atoms with E-state index in [1.165, 1.54) is 23.8 Å². The lowest BCUT2D eigenvalue weighted by Gasteiger charge is -2.28. The van der Waals surface area contributed by atoms with E-state index in [1.807, 2.05) is 0 Å². The lowest BCUT2D eigenvalue weighted by atomic mass is 10.0. The van der Waals surface area contributed by atoms with Crippen LogP contribution in [0.4, 0.5) is 15.8 Å². The predicted octanol–water partition coefficient (Wildman–Crippen LogP) is 2.21. The molecule has 1 fully saturated rings. The summed E-state index contributed by atoms with van der Waals surface area (Å²) >= 11 is 0. The highest BCUT2D eigenvalue weighted by molar-refractivity contribution is 6.06. The first-order chi connectivity index (χ1) is 14.8. The second-order valence-corrected chi connectivity index (χ2v) is 7.99. The van der Waals surface area contributed by atoms with Gasteiger partial charge in [-0.25, -0.2) is 9.18 Å². The van der Waals surface area contributed by atoms with Gasteiger partial charge in [-0.05, 0) is 38.2 Å². The summed E-state index contributed by atoms with van der Waals surface area (Å²) in [7, 11) is 0. The van der Waals surface area contributed by atoms with Crippen LogP contribution in [0.3, 0.4) is 0 Å². The monoisotopic (exact) mass is 430 g/mol. The molecular weight excluding hydrogens is 407 g/mol. The number of benzene rings is 1. The molecule has 1 atom stereocenters. The molecule has 2 aromatic rings. The standard InChI is InChI=1S/C21H23FN4O5/c1-10(27)23-7-3-2-4-14-20(29)25-15-8-12-18(16(22)17(15)24-14)26(11-5-6-11)9-13(19(12)28)21(30)31/h8-9,11,14,24H,2-7H2,1H3,(H,23,27)(H,25,29)(H,30,31). The SMILES string of the molecule is CC(=O)NCCCCC1Nc2c(cc3c(=O)c(C(=O)O)cn(C4CC4)c3c2F)NC1=O. The first-order valence-corrected chi connectivity index (χ1v) is 10.2. The minimum atomic E-state index is -1.37.